The lowest BCUT2D eigenvalue weighted by molar-refractivity contribution is 0.0476. The highest BCUT2D eigenvalue weighted by molar-refractivity contribution is 9.10. The van der Waals surface area contributed by atoms with E-state index in [1.807, 2.05) is 18.4 Å². The normalized spacial score (nSPS) is 10.3. The number of nitrogen functional groups attached to an aromatic ring is 1. The average molecular weight is 326 g/mol. The maximum absolute atomic E-state index is 11.9. The third-order valence-corrected chi connectivity index (χ3v) is 4.11. The molecule has 2 rings (SSSR count). The van der Waals surface area contributed by atoms with Crippen molar-refractivity contribution in [2.75, 3.05) is 5.73 Å². The van der Waals surface area contributed by atoms with Crippen LogP contribution in [0, 0.1) is 6.92 Å². The van der Waals surface area contributed by atoms with Crippen LogP contribution in [-0.4, -0.2) is 5.97 Å². The quantitative estimate of drug-likeness (QED) is 0.690. The topological polar surface area (TPSA) is 52.3 Å². The van der Waals surface area contributed by atoms with Crippen LogP contribution in [0.4, 0.5) is 5.69 Å². The highest BCUT2D eigenvalue weighted by Crippen LogP contribution is 2.21. The molecule has 0 atom stereocenters. The zero-order valence-corrected chi connectivity index (χ0v) is 12.2. The van der Waals surface area contributed by atoms with Crippen LogP contribution in [0.15, 0.2) is 34.1 Å². The van der Waals surface area contributed by atoms with E-state index in [0.29, 0.717) is 17.9 Å². The van der Waals surface area contributed by atoms with Gasteiger partial charge in [0.25, 0.3) is 0 Å². The molecule has 0 aliphatic heterocycles. The van der Waals surface area contributed by atoms with Gasteiger partial charge >= 0.3 is 5.97 Å². The second-order valence-corrected chi connectivity index (χ2v) is 5.79. The lowest BCUT2D eigenvalue weighted by Gasteiger charge is -2.06. The summed E-state index contributed by atoms with van der Waals surface area (Å²) in [6.07, 6.45) is 0. The third-order valence-electron chi connectivity index (χ3n) is 2.44. The second kappa shape index (κ2) is 5.54. The molecular weight excluding hydrogens is 314 g/mol. The van der Waals surface area contributed by atoms with Gasteiger partial charge in [-0.25, -0.2) is 4.79 Å². The van der Waals surface area contributed by atoms with Crippen molar-refractivity contribution in [3.8, 4) is 0 Å². The first kappa shape index (κ1) is 13.1. The summed E-state index contributed by atoms with van der Waals surface area (Å²) in [5.74, 6) is -0.322. The fraction of sp³-hybridized carbons (Fsp3) is 0.154. The summed E-state index contributed by atoms with van der Waals surface area (Å²) in [6.45, 7) is 2.13. The summed E-state index contributed by atoms with van der Waals surface area (Å²) in [4.78, 5) is 12.9. The number of aryl methyl sites for hydroxylation is 1. The molecule has 0 spiro atoms. The molecule has 2 aromatic rings. The van der Waals surface area contributed by atoms with Crippen molar-refractivity contribution in [3.63, 3.8) is 0 Å². The molecule has 1 aromatic heterocycles. The van der Waals surface area contributed by atoms with Gasteiger partial charge in [0.05, 0.1) is 5.56 Å². The summed E-state index contributed by atoms with van der Waals surface area (Å²) in [6, 6.07) is 7.09. The molecule has 94 valence electrons. The lowest BCUT2D eigenvalue weighted by atomic mass is 10.1. The molecule has 0 aliphatic carbocycles. The summed E-state index contributed by atoms with van der Waals surface area (Å²) in [5, 5.41) is 1.96. The van der Waals surface area contributed by atoms with Gasteiger partial charge in [0.15, 0.2) is 0 Å². The molecule has 0 aliphatic rings. The van der Waals surface area contributed by atoms with E-state index in [0.717, 1.165) is 14.9 Å². The SMILES string of the molecule is Cc1cc(N)ccc1C(=O)OCc1cc(Br)cs1. The van der Waals surface area contributed by atoms with Gasteiger partial charge in [-0.1, -0.05) is 0 Å². The standard InChI is InChI=1S/C13H12BrNO2S/c1-8-4-10(15)2-3-12(8)13(16)17-6-11-5-9(14)7-18-11/h2-5,7H,6,15H2,1H3. The van der Waals surface area contributed by atoms with Crippen LogP contribution < -0.4 is 5.73 Å². The van der Waals surface area contributed by atoms with Crippen molar-refractivity contribution in [1.82, 2.24) is 0 Å². The van der Waals surface area contributed by atoms with Crippen molar-refractivity contribution >= 4 is 38.9 Å². The maximum Gasteiger partial charge on any atom is 0.338 e. The summed E-state index contributed by atoms with van der Waals surface area (Å²) in [7, 11) is 0. The predicted octanol–water partition coefficient (Wildman–Crippen LogP) is 3.76. The number of carbonyl (C=O) groups is 1. The number of ether oxygens (including phenoxy) is 1. The van der Waals surface area contributed by atoms with Crippen molar-refractivity contribution in [2.24, 2.45) is 0 Å². The van der Waals surface area contributed by atoms with Crippen LogP contribution in [0.1, 0.15) is 20.8 Å². The molecule has 0 amide bonds. The van der Waals surface area contributed by atoms with E-state index in [1.165, 1.54) is 0 Å². The predicted molar refractivity (Wildman–Crippen MR) is 76.7 cm³/mol. The molecule has 5 heteroatoms. The van der Waals surface area contributed by atoms with E-state index in [9.17, 15) is 4.79 Å². The molecule has 2 N–H and O–H groups in total. The van der Waals surface area contributed by atoms with Gasteiger partial charge in [-0.15, -0.1) is 11.3 Å². The molecule has 0 bridgehead atoms. The molecule has 0 saturated heterocycles. The van der Waals surface area contributed by atoms with Crippen LogP contribution in [0.2, 0.25) is 0 Å². The number of esters is 1. The molecule has 1 aromatic carbocycles. The number of hydrogen-bond acceptors (Lipinski definition) is 4. The first-order valence-electron chi connectivity index (χ1n) is 5.32. The smallest absolute Gasteiger partial charge is 0.338 e. The van der Waals surface area contributed by atoms with Gasteiger partial charge < -0.3 is 10.5 Å². The van der Waals surface area contributed by atoms with Crippen LogP contribution >= 0.6 is 27.3 Å². The Morgan fingerprint density at radius 2 is 2.22 bits per heavy atom. The van der Waals surface area contributed by atoms with Gasteiger partial charge in [0.2, 0.25) is 0 Å². The molecule has 1 heterocycles. The van der Waals surface area contributed by atoms with Crippen molar-refractivity contribution < 1.29 is 9.53 Å². The number of hydrogen-bond donors (Lipinski definition) is 1. The minimum atomic E-state index is -0.322. The van der Waals surface area contributed by atoms with Crippen LogP contribution in [0.25, 0.3) is 0 Å². The molecule has 0 fully saturated rings. The number of nitrogens with two attached hydrogens (primary N) is 1. The minimum absolute atomic E-state index is 0.291. The summed E-state index contributed by atoms with van der Waals surface area (Å²) < 4.78 is 6.26. The molecule has 0 unspecified atom stereocenters. The Morgan fingerprint density at radius 3 is 2.83 bits per heavy atom. The minimum Gasteiger partial charge on any atom is -0.456 e. The number of rotatable bonds is 3. The van der Waals surface area contributed by atoms with Crippen molar-refractivity contribution in [1.29, 1.82) is 0 Å². The van der Waals surface area contributed by atoms with Crippen LogP contribution in [0.5, 0.6) is 0 Å². The van der Waals surface area contributed by atoms with Gasteiger partial charge in [-0.2, -0.15) is 0 Å². The Bertz CT molecular complexity index is 580. The summed E-state index contributed by atoms with van der Waals surface area (Å²) >= 11 is 4.91. The molecular formula is C13H12BrNO2S. The Labute approximate surface area is 118 Å². The van der Waals surface area contributed by atoms with Gasteiger partial charge in [0.1, 0.15) is 6.61 Å². The van der Waals surface area contributed by atoms with Gasteiger partial charge in [0, 0.05) is 20.4 Å². The van der Waals surface area contributed by atoms with E-state index in [4.69, 9.17) is 10.5 Å². The van der Waals surface area contributed by atoms with E-state index in [1.54, 1.807) is 29.5 Å². The first-order chi connectivity index (χ1) is 8.56. The van der Waals surface area contributed by atoms with Crippen molar-refractivity contribution in [2.45, 2.75) is 13.5 Å². The van der Waals surface area contributed by atoms with E-state index in [-0.39, 0.29) is 5.97 Å². The highest BCUT2D eigenvalue weighted by Gasteiger charge is 2.11. The second-order valence-electron chi connectivity index (χ2n) is 3.88. The zero-order valence-electron chi connectivity index (χ0n) is 9.77. The Balaban J connectivity index is 2.03. The van der Waals surface area contributed by atoms with Gasteiger partial charge in [-0.3, -0.25) is 0 Å². The van der Waals surface area contributed by atoms with Crippen LogP contribution in [-0.2, 0) is 11.3 Å². The Hall–Kier alpha value is -1.33. The fourth-order valence-electron chi connectivity index (χ4n) is 1.56. The zero-order chi connectivity index (χ0) is 13.1. The number of benzene rings is 1. The summed E-state index contributed by atoms with van der Waals surface area (Å²) in [5.41, 5.74) is 7.67. The number of anilines is 1. The molecule has 0 radical (unpaired) electrons. The monoisotopic (exact) mass is 325 g/mol. The molecule has 3 nitrogen and oxygen atoms in total. The highest BCUT2D eigenvalue weighted by atomic mass is 79.9. The maximum atomic E-state index is 11.9. The van der Waals surface area contributed by atoms with Crippen molar-refractivity contribution in [3.05, 3.63) is 50.1 Å². The Kier molecular flexibility index (Phi) is 4.04. The van der Waals surface area contributed by atoms with Gasteiger partial charge in [-0.05, 0) is 52.7 Å². The van der Waals surface area contributed by atoms with E-state index >= 15 is 0 Å². The largest absolute Gasteiger partial charge is 0.456 e. The number of thiophene rings is 1. The molecule has 0 saturated carbocycles. The average Bonchev–Trinajstić information content (AvgIpc) is 2.72. The Morgan fingerprint density at radius 1 is 1.44 bits per heavy atom. The van der Waals surface area contributed by atoms with E-state index in [2.05, 4.69) is 15.9 Å². The molecule has 18 heavy (non-hydrogen) atoms. The fourth-order valence-corrected chi connectivity index (χ4v) is 2.92. The third kappa shape index (κ3) is 3.11. The first-order valence-corrected chi connectivity index (χ1v) is 6.99. The number of halogens is 1. The van der Waals surface area contributed by atoms with E-state index < -0.39 is 0 Å². The lowest BCUT2D eigenvalue weighted by Crippen LogP contribution is -2.07. The van der Waals surface area contributed by atoms with Crippen LogP contribution in [0.3, 0.4) is 0 Å². The number of carbonyl (C=O) groups excluding carboxylic acids is 1.